The Labute approximate surface area is 161 Å². The predicted octanol–water partition coefficient (Wildman–Crippen LogP) is 1.54. The normalized spacial score (nSPS) is 29.3. The third kappa shape index (κ3) is 3.23. The summed E-state index contributed by atoms with van der Waals surface area (Å²) in [5.41, 5.74) is 0.848. The SMILES string of the molecule is CCOC(=O)c1ccc(NC(=O)COC(=O)[C@H]2[C@@H]3C[C@@H]4[C@@H]2C(=O)O[C@@H]4C3)cc1. The zero-order valence-electron chi connectivity index (χ0n) is 15.4. The van der Waals surface area contributed by atoms with Gasteiger partial charge < -0.3 is 19.5 Å². The van der Waals surface area contributed by atoms with Gasteiger partial charge in [-0.2, -0.15) is 0 Å². The molecule has 28 heavy (non-hydrogen) atoms. The molecule has 1 saturated heterocycles. The van der Waals surface area contributed by atoms with Crippen molar-refractivity contribution in [1.29, 1.82) is 0 Å². The number of nitrogens with one attached hydrogen (secondary N) is 1. The molecule has 1 heterocycles. The molecule has 2 aliphatic carbocycles. The van der Waals surface area contributed by atoms with Crippen LogP contribution < -0.4 is 5.32 Å². The van der Waals surface area contributed by atoms with Crippen molar-refractivity contribution in [3.05, 3.63) is 29.8 Å². The van der Waals surface area contributed by atoms with E-state index >= 15 is 0 Å². The highest BCUT2D eigenvalue weighted by atomic mass is 16.6. The Hall–Kier alpha value is -2.90. The predicted molar refractivity (Wildman–Crippen MR) is 95.1 cm³/mol. The summed E-state index contributed by atoms with van der Waals surface area (Å²) in [5, 5.41) is 2.60. The summed E-state index contributed by atoms with van der Waals surface area (Å²) in [6.07, 6.45) is 1.46. The summed E-state index contributed by atoms with van der Waals surface area (Å²) in [4.78, 5) is 48.1. The Balaban J connectivity index is 1.28. The molecule has 1 aromatic rings. The van der Waals surface area contributed by atoms with Gasteiger partial charge in [-0.1, -0.05) is 0 Å². The second kappa shape index (κ2) is 7.26. The molecular weight excluding hydrogens is 366 g/mol. The molecule has 0 spiro atoms. The summed E-state index contributed by atoms with van der Waals surface area (Å²) < 4.78 is 15.4. The fraction of sp³-hybridized carbons (Fsp3) is 0.500. The van der Waals surface area contributed by atoms with Crippen molar-refractivity contribution in [1.82, 2.24) is 0 Å². The van der Waals surface area contributed by atoms with E-state index in [1.807, 2.05) is 0 Å². The molecule has 3 aliphatic rings. The fourth-order valence-corrected chi connectivity index (χ4v) is 4.66. The highest BCUT2D eigenvalue weighted by Gasteiger charge is 2.64. The Morgan fingerprint density at radius 2 is 1.89 bits per heavy atom. The minimum Gasteiger partial charge on any atom is -0.462 e. The summed E-state index contributed by atoms with van der Waals surface area (Å²) in [6, 6.07) is 6.21. The molecule has 8 nitrogen and oxygen atoms in total. The largest absolute Gasteiger partial charge is 0.462 e. The van der Waals surface area contributed by atoms with E-state index in [9.17, 15) is 19.2 Å². The van der Waals surface area contributed by atoms with Gasteiger partial charge in [0.25, 0.3) is 5.91 Å². The minimum atomic E-state index is -0.511. The van der Waals surface area contributed by atoms with Crippen LogP contribution in [0.4, 0.5) is 5.69 Å². The monoisotopic (exact) mass is 387 g/mol. The van der Waals surface area contributed by atoms with Crippen LogP contribution in [0.25, 0.3) is 0 Å². The Morgan fingerprint density at radius 1 is 1.14 bits per heavy atom. The van der Waals surface area contributed by atoms with Gasteiger partial charge in [-0.25, -0.2) is 4.79 Å². The Morgan fingerprint density at radius 3 is 2.61 bits per heavy atom. The van der Waals surface area contributed by atoms with Crippen molar-refractivity contribution in [3.8, 4) is 0 Å². The number of rotatable bonds is 6. The Bertz CT molecular complexity index is 816. The smallest absolute Gasteiger partial charge is 0.338 e. The molecule has 1 amide bonds. The van der Waals surface area contributed by atoms with Gasteiger partial charge in [0.1, 0.15) is 6.10 Å². The molecule has 5 atom stereocenters. The van der Waals surface area contributed by atoms with Crippen LogP contribution in [0.5, 0.6) is 0 Å². The Kier molecular flexibility index (Phi) is 4.78. The number of ether oxygens (including phenoxy) is 3. The number of hydrogen-bond acceptors (Lipinski definition) is 7. The molecular formula is C20H21NO7. The minimum absolute atomic E-state index is 0.0487. The van der Waals surface area contributed by atoms with Crippen molar-refractivity contribution < 1.29 is 33.4 Å². The van der Waals surface area contributed by atoms with Crippen LogP contribution >= 0.6 is 0 Å². The number of carbonyl (C=O) groups excluding carboxylic acids is 4. The highest BCUT2D eigenvalue weighted by molar-refractivity contribution is 5.95. The molecule has 8 heteroatoms. The number of fused-ring (bicyclic) bond motifs is 1. The van der Waals surface area contributed by atoms with Gasteiger partial charge >= 0.3 is 17.9 Å². The summed E-state index contributed by atoms with van der Waals surface area (Å²) in [5.74, 6) is -2.48. The lowest BCUT2D eigenvalue weighted by Crippen LogP contribution is -2.34. The maximum atomic E-state index is 12.4. The maximum Gasteiger partial charge on any atom is 0.338 e. The second-order valence-corrected chi connectivity index (χ2v) is 7.38. The summed E-state index contributed by atoms with van der Waals surface area (Å²) in [7, 11) is 0. The molecule has 1 aromatic carbocycles. The topological polar surface area (TPSA) is 108 Å². The molecule has 2 saturated carbocycles. The average Bonchev–Trinajstić information content (AvgIpc) is 3.29. The molecule has 0 radical (unpaired) electrons. The number of amides is 1. The zero-order chi connectivity index (χ0) is 19.8. The molecule has 148 valence electrons. The van der Waals surface area contributed by atoms with E-state index in [4.69, 9.17) is 14.2 Å². The van der Waals surface area contributed by atoms with Crippen molar-refractivity contribution in [2.45, 2.75) is 25.9 Å². The first kappa shape index (κ1) is 18.5. The number of anilines is 1. The van der Waals surface area contributed by atoms with Crippen LogP contribution in [0.3, 0.4) is 0 Å². The first-order valence-corrected chi connectivity index (χ1v) is 9.42. The first-order valence-electron chi connectivity index (χ1n) is 9.42. The van der Waals surface area contributed by atoms with Crippen molar-refractivity contribution in [3.63, 3.8) is 0 Å². The lowest BCUT2D eigenvalue weighted by molar-refractivity contribution is -0.157. The van der Waals surface area contributed by atoms with Crippen molar-refractivity contribution in [2.24, 2.45) is 23.7 Å². The van der Waals surface area contributed by atoms with Crippen molar-refractivity contribution in [2.75, 3.05) is 18.5 Å². The van der Waals surface area contributed by atoms with E-state index in [0.717, 1.165) is 6.42 Å². The summed E-state index contributed by atoms with van der Waals surface area (Å²) in [6.45, 7) is 1.57. The van der Waals surface area contributed by atoms with Gasteiger partial charge in [0.05, 0.1) is 24.0 Å². The summed E-state index contributed by atoms with van der Waals surface area (Å²) >= 11 is 0. The average molecular weight is 387 g/mol. The fourth-order valence-electron chi connectivity index (χ4n) is 4.66. The molecule has 2 bridgehead atoms. The number of benzene rings is 1. The van der Waals surface area contributed by atoms with Crippen LogP contribution in [0.15, 0.2) is 24.3 Å². The highest BCUT2D eigenvalue weighted by Crippen LogP contribution is 2.57. The van der Waals surface area contributed by atoms with Gasteiger partial charge in [0, 0.05) is 11.6 Å². The van der Waals surface area contributed by atoms with Gasteiger partial charge in [-0.05, 0) is 49.9 Å². The van der Waals surface area contributed by atoms with Gasteiger partial charge in [0.15, 0.2) is 6.61 Å². The van der Waals surface area contributed by atoms with Crippen LogP contribution in [-0.4, -0.2) is 43.1 Å². The van der Waals surface area contributed by atoms with Crippen LogP contribution in [0, 0.1) is 23.7 Å². The lowest BCUT2D eigenvalue weighted by atomic mass is 9.80. The lowest BCUT2D eigenvalue weighted by Gasteiger charge is -2.22. The number of carbonyl (C=O) groups is 4. The molecule has 3 fully saturated rings. The van der Waals surface area contributed by atoms with Crippen LogP contribution in [0.1, 0.15) is 30.1 Å². The first-order chi connectivity index (χ1) is 13.5. The molecule has 0 aromatic heterocycles. The van der Waals surface area contributed by atoms with E-state index in [2.05, 4.69) is 5.32 Å². The quantitative estimate of drug-likeness (QED) is 0.583. The standard InChI is InChI=1S/C20H21NO7/c1-2-26-18(23)10-3-5-12(6-4-10)21-15(22)9-27-19(24)16-11-7-13-14(8-11)28-20(25)17(13)16/h3-6,11,13-14,16-17H,2,7-9H2,1H3,(H,21,22)/t11-,13+,14-,16+,17+/m1/s1. The van der Waals surface area contributed by atoms with E-state index in [1.165, 1.54) is 12.1 Å². The third-order valence-electron chi connectivity index (χ3n) is 5.78. The van der Waals surface area contributed by atoms with E-state index in [1.54, 1.807) is 19.1 Å². The van der Waals surface area contributed by atoms with Gasteiger partial charge in [0.2, 0.25) is 0 Å². The van der Waals surface area contributed by atoms with E-state index in [0.29, 0.717) is 17.7 Å². The van der Waals surface area contributed by atoms with E-state index < -0.39 is 36.3 Å². The number of esters is 3. The molecule has 1 N–H and O–H groups in total. The van der Waals surface area contributed by atoms with Crippen LogP contribution in [0.2, 0.25) is 0 Å². The van der Waals surface area contributed by atoms with Crippen LogP contribution in [-0.2, 0) is 28.6 Å². The van der Waals surface area contributed by atoms with E-state index in [-0.39, 0.29) is 30.5 Å². The zero-order valence-corrected chi connectivity index (χ0v) is 15.4. The molecule has 4 rings (SSSR count). The van der Waals surface area contributed by atoms with Gasteiger partial charge in [-0.15, -0.1) is 0 Å². The number of hydrogen-bond donors (Lipinski definition) is 1. The second-order valence-electron chi connectivity index (χ2n) is 7.38. The van der Waals surface area contributed by atoms with Crippen molar-refractivity contribution >= 4 is 29.5 Å². The molecule has 0 unspecified atom stereocenters. The third-order valence-corrected chi connectivity index (χ3v) is 5.78. The molecule has 1 aliphatic heterocycles. The van der Waals surface area contributed by atoms with Gasteiger partial charge in [-0.3, -0.25) is 14.4 Å². The maximum absolute atomic E-state index is 12.4.